The lowest BCUT2D eigenvalue weighted by atomic mass is 9.99. The molecule has 1 N–H and O–H groups in total. The zero-order valence-corrected chi connectivity index (χ0v) is 10.6. The van der Waals surface area contributed by atoms with E-state index in [4.69, 9.17) is 0 Å². The highest BCUT2D eigenvalue weighted by molar-refractivity contribution is 5.26. The maximum Gasteiger partial charge on any atom is 0.0684 e. The van der Waals surface area contributed by atoms with Gasteiger partial charge in [0, 0.05) is 0 Å². The average Bonchev–Trinajstić information content (AvgIpc) is 2.29. The van der Waals surface area contributed by atoms with E-state index in [9.17, 15) is 5.11 Å². The molecule has 0 fully saturated rings. The molecule has 90 valence electrons. The predicted molar refractivity (Wildman–Crippen MR) is 69.4 cm³/mol. The summed E-state index contributed by atoms with van der Waals surface area (Å²) in [5.74, 6) is 0.824. The van der Waals surface area contributed by atoms with Crippen LogP contribution in [0.3, 0.4) is 0 Å². The highest BCUT2D eigenvalue weighted by Crippen LogP contribution is 2.14. The Balaban J connectivity index is 2.26. The maximum atomic E-state index is 9.19. The molecular formula is C15H24O. The molecule has 1 aromatic carbocycles. The lowest BCUT2D eigenvalue weighted by Crippen LogP contribution is -1.94. The summed E-state index contributed by atoms with van der Waals surface area (Å²) in [7, 11) is 0. The summed E-state index contributed by atoms with van der Waals surface area (Å²) in [5.41, 5.74) is 2.40. The SMILES string of the molecule is CC(C)CCCCCc1ccccc1CO. The van der Waals surface area contributed by atoms with Crippen molar-refractivity contribution in [3.05, 3.63) is 35.4 Å². The fraction of sp³-hybridized carbons (Fsp3) is 0.600. The highest BCUT2D eigenvalue weighted by Gasteiger charge is 2.00. The fourth-order valence-corrected chi connectivity index (χ4v) is 2.00. The van der Waals surface area contributed by atoms with Gasteiger partial charge < -0.3 is 5.11 Å². The second-order valence-electron chi connectivity index (χ2n) is 4.92. The predicted octanol–water partition coefficient (Wildman–Crippen LogP) is 3.94. The van der Waals surface area contributed by atoms with Crippen molar-refractivity contribution >= 4 is 0 Å². The third-order valence-electron chi connectivity index (χ3n) is 3.02. The molecule has 0 unspecified atom stereocenters. The Labute approximate surface area is 99.5 Å². The number of aliphatic hydroxyl groups is 1. The molecule has 0 saturated carbocycles. The number of rotatable bonds is 7. The summed E-state index contributed by atoms with van der Waals surface area (Å²) in [4.78, 5) is 0. The minimum atomic E-state index is 0.169. The second-order valence-corrected chi connectivity index (χ2v) is 4.92. The second kappa shape index (κ2) is 7.45. The molecule has 0 amide bonds. The first-order valence-electron chi connectivity index (χ1n) is 6.41. The Kier molecular flexibility index (Phi) is 6.17. The minimum Gasteiger partial charge on any atom is -0.392 e. The van der Waals surface area contributed by atoms with Crippen molar-refractivity contribution in [1.29, 1.82) is 0 Å². The van der Waals surface area contributed by atoms with Crippen molar-refractivity contribution in [3.63, 3.8) is 0 Å². The van der Waals surface area contributed by atoms with Crippen molar-refractivity contribution < 1.29 is 5.11 Å². The molecule has 0 aliphatic heterocycles. The summed E-state index contributed by atoms with van der Waals surface area (Å²) >= 11 is 0. The summed E-state index contributed by atoms with van der Waals surface area (Å²) in [6, 6.07) is 8.20. The number of benzene rings is 1. The normalized spacial score (nSPS) is 11.0. The Morgan fingerprint density at radius 3 is 2.31 bits per heavy atom. The highest BCUT2D eigenvalue weighted by atomic mass is 16.3. The molecule has 1 rings (SSSR count). The van der Waals surface area contributed by atoms with E-state index in [1.54, 1.807) is 0 Å². The molecule has 0 aromatic heterocycles. The molecule has 0 radical (unpaired) electrons. The van der Waals surface area contributed by atoms with Gasteiger partial charge in [-0.15, -0.1) is 0 Å². The largest absolute Gasteiger partial charge is 0.392 e. The monoisotopic (exact) mass is 220 g/mol. The first kappa shape index (κ1) is 13.2. The van der Waals surface area contributed by atoms with E-state index < -0.39 is 0 Å². The molecule has 16 heavy (non-hydrogen) atoms. The van der Waals surface area contributed by atoms with Crippen LogP contribution in [-0.2, 0) is 13.0 Å². The van der Waals surface area contributed by atoms with E-state index in [0.717, 1.165) is 17.9 Å². The van der Waals surface area contributed by atoms with Gasteiger partial charge in [-0.05, 0) is 29.9 Å². The van der Waals surface area contributed by atoms with Gasteiger partial charge in [-0.2, -0.15) is 0 Å². The smallest absolute Gasteiger partial charge is 0.0684 e. The average molecular weight is 220 g/mol. The third-order valence-corrected chi connectivity index (χ3v) is 3.02. The minimum absolute atomic E-state index is 0.169. The zero-order chi connectivity index (χ0) is 11.8. The van der Waals surface area contributed by atoms with Gasteiger partial charge in [0.15, 0.2) is 0 Å². The summed E-state index contributed by atoms with van der Waals surface area (Å²) in [6.07, 6.45) is 6.32. The molecule has 1 nitrogen and oxygen atoms in total. The van der Waals surface area contributed by atoms with E-state index in [0.29, 0.717) is 0 Å². The number of aryl methyl sites for hydroxylation is 1. The van der Waals surface area contributed by atoms with Gasteiger partial charge in [-0.3, -0.25) is 0 Å². The molecule has 0 aliphatic rings. The molecule has 1 heteroatoms. The van der Waals surface area contributed by atoms with E-state index in [1.165, 1.54) is 31.2 Å². The molecule has 0 aliphatic carbocycles. The number of hydrogen-bond acceptors (Lipinski definition) is 1. The van der Waals surface area contributed by atoms with Crippen LogP contribution in [0.5, 0.6) is 0 Å². The summed E-state index contributed by atoms with van der Waals surface area (Å²) < 4.78 is 0. The van der Waals surface area contributed by atoms with Crippen molar-refractivity contribution in [3.8, 4) is 0 Å². The van der Waals surface area contributed by atoms with Crippen molar-refractivity contribution in [1.82, 2.24) is 0 Å². The molecule has 0 heterocycles. The van der Waals surface area contributed by atoms with Crippen LogP contribution >= 0.6 is 0 Å². The Bertz CT molecular complexity index is 291. The van der Waals surface area contributed by atoms with Crippen molar-refractivity contribution in [2.75, 3.05) is 0 Å². The van der Waals surface area contributed by atoms with Crippen LogP contribution in [0.25, 0.3) is 0 Å². The van der Waals surface area contributed by atoms with Crippen LogP contribution in [0.1, 0.15) is 50.7 Å². The zero-order valence-electron chi connectivity index (χ0n) is 10.6. The number of hydrogen-bond donors (Lipinski definition) is 1. The number of aliphatic hydroxyl groups excluding tert-OH is 1. The van der Waals surface area contributed by atoms with Crippen LogP contribution in [0.2, 0.25) is 0 Å². The Morgan fingerprint density at radius 2 is 1.69 bits per heavy atom. The van der Waals surface area contributed by atoms with Crippen LogP contribution in [-0.4, -0.2) is 5.11 Å². The summed E-state index contributed by atoms with van der Waals surface area (Å²) in [6.45, 7) is 4.73. The molecule has 0 spiro atoms. The van der Waals surface area contributed by atoms with Gasteiger partial charge in [-0.25, -0.2) is 0 Å². The lowest BCUT2D eigenvalue weighted by molar-refractivity contribution is 0.280. The first-order valence-corrected chi connectivity index (χ1v) is 6.41. The van der Waals surface area contributed by atoms with Gasteiger partial charge in [-0.1, -0.05) is 57.4 Å². The first-order chi connectivity index (χ1) is 7.74. The third kappa shape index (κ3) is 4.80. The van der Waals surface area contributed by atoms with Gasteiger partial charge in [0.25, 0.3) is 0 Å². The quantitative estimate of drug-likeness (QED) is 0.690. The van der Waals surface area contributed by atoms with Crippen LogP contribution in [0, 0.1) is 5.92 Å². The van der Waals surface area contributed by atoms with Crippen LogP contribution < -0.4 is 0 Å². The van der Waals surface area contributed by atoms with Crippen molar-refractivity contribution in [2.24, 2.45) is 5.92 Å². The van der Waals surface area contributed by atoms with Crippen molar-refractivity contribution in [2.45, 2.75) is 52.6 Å². The summed E-state index contributed by atoms with van der Waals surface area (Å²) in [5, 5.41) is 9.19. The molecular weight excluding hydrogens is 196 g/mol. The lowest BCUT2D eigenvalue weighted by Gasteiger charge is -2.07. The number of unbranched alkanes of at least 4 members (excludes halogenated alkanes) is 2. The van der Waals surface area contributed by atoms with E-state index >= 15 is 0 Å². The standard InChI is InChI=1S/C15H24O/c1-13(2)8-4-3-5-9-14-10-6-7-11-15(14)12-16/h6-7,10-11,13,16H,3-5,8-9,12H2,1-2H3. The maximum absolute atomic E-state index is 9.19. The van der Waals surface area contributed by atoms with Gasteiger partial charge >= 0.3 is 0 Å². The van der Waals surface area contributed by atoms with E-state index in [-0.39, 0.29) is 6.61 Å². The van der Waals surface area contributed by atoms with Crippen LogP contribution in [0.4, 0.5) is 0 Å². The van der Waals surface area contributed by atoms with Gasteiger partial charge in [0.1, 0.15) is 0 Å². The molecule has 0 atom stereocenters. The Morgan fingerprint density at radius 1 is 1.00 bits per heavy atom. The fourth-order valence-electron chi connectivity index (χ4n) is 2.00. The topological polar surface area (TPSA) is 20.2 Å². The van der Waals surface area contributed by atoms with E-state index in [2.05, 4.69) is 26.0 Å². The molecule has 0 bridgehead atoms. The van der Waals surface area contributed by atoms with E-state index in [1.807, 2.05) is 12.1 Å². The molecule has 1 aromatic rings. The Hall–Kier alpha value is -0.820. The van der Waals surface area contributed by atoms with Gasteiger partial charge in [0.05, 0.1) is 6.61 Å². The van der Waals surface area contributed by atoms with Crippen LogP contribution in [0.15, 0.2) is 24.3 Å². The molecule has 0 saturated heterocycles. The van der Waals surface area contributed by atoms with Gasteiger partial charge in [0.2, 0.25) is 0 Å².